The summed E-state index contributed by atoms with van der Waals surface area (Å²) in [7, 11) is -3.30. The number of benzene rings is 1. The number of aliphatic hydroxyl groups excluding tert-OH is 1. The minimum atomic E-state index is -3.30. The highest BCUT2D eigenvalue weighted by Gasteiger charge is 2.39. The van der Waals surface area contributed by atoms with E-state index < -0.39 is 16.1 Å². The minimum Gasteiger partial charge on any atom is -0.512 e. The lowest BCUT2D eigenvalue weighted by Crippen LogP contribution is -2.41. The van der Waals surface area contributed by atoms with Crippen molar-refractivity contribution in [3.8, 4) is 0 Å². The molecule has 3 aliphatic rings. The fourth-order valence-corrected chi connectivity index (χ4v) is 6.35. The molecule has 0 saturated carbocycles. The lowest BCUT2D eigenvalue weighted by atomic mass is 9.87. The quantitative estimate of drug-likeness (QED) is 0.667. The van der Waals surface area contributed by atoms with Gasteiger partial charge in [0, 0.05) is 42.5 Å². The summed E-state index contributed by atoms with van der Waals surface area (Å²) >= 11 is 0. The van der Waals surface area contributed by atoms with E-state index in [-0.39, 0.29) is 23.5 Å². The molecule has 3 heterocycles. The molecule has 2 aliphatic heterocycles. The van der Waals surface area contributed by atoms with Crippen LogP contribution in [-0.2, 0) is 10.0 Å². The second-order valence-electron chi connectivity index (χ2n) is 8.84. The Balaban J connectivity index is 1.36. The third-order valence-corrected chi connectivity index (χ3v) is 8.41. The van der Waals surface area contributed by atoms with Gasteiger partial charge in [0.2, 0.25) is 10.0 Å². The van der Waals surface area contributed by atoms with Crippen LogP contribution in [0.5, 0.6) is 0 Å². The number of nitrogens with one attached hydrogen (secondary N) is 1. The molecule has 1 aromatic carbocycles. The maximum absolute atomic E-state index is 13.3. The summed E-state index contributed by atoms with van der Waals surface area (Å²) in [5, 5.41) is 19.4. The number of sulfonamides is 1. The van der Waals surface area contributed by atoms with Gasteiger partial charge in [-0.1, -0.05) is 18.2 Å². The Kier molecular flexibility index (Phi) is 6.29. The number of amides is 2. The number of hydrogen-bond acceptors (Lipinski definition) is 6. The van der Waals surface area contributed by atoms with Crippen molar-refractivity contribution >= 4 is 33.1 Å². The van der Waals surface area contributed by atoms with Gasteiger partial charge in [0.05, 0.1) is 29.0 Å². The van der Waals surface area contributed by atoms with E-state index in [4.69, 9.17) is 0 Å². The molecular formula is C25H27N5O4S. The average Bonchev–Trinajstić information content (AvgIpc) is 3.31. The number of hydrogen-bond donors (Lipinski definition) is 2. The second-order valence-corrected chi connectivity index (χ2v) is 10.9. The van der Waals surface area contributed by atoms with E-state index in [2.05, 4.69) is 15.4 Å². The van der Waals surface area contributed by atoms with E-state index >= 15 is 0 Å². The molecule has 182 valence electrons. The number of hydrazone groups is 1. The molecule has 0 spiro atoms. The average molecular weight is 494 g/mol. The Bertz CT molecular complexity index is 1290. The van der Waals surface area contributed by atoms with Crippen LogP contribution >= 0.6 is 0 Å². The highest BCUT2D eigenvalue weighted by molar-refractivity contribution is 7.92. The first-order valence-corrected chi connectivity index (χ1v) is 13.3. The number of rotatable bonds is 4. The molecule has 2 N–H and O–H groups in total. The molecule has 2 atom stereocenters. The van der Waals surface area contributed by atoms with Gasteiger partial charge in [0.25, 0.3) is 0 Å². The minimum absolute atomic E-state index is 0.150. The Morgan fingerprint density at radius 3 is 2.69 bits per heavy atom. The molecule has 2 unspecified atom stereocenters. The van der Waals surface area contributed by atoms with Crippen molar-refractivity contribution in [2.45, 2.75) is 31.7 Å². The maximum atomic E-state index is 13.3. The molecule has 35 heavy (non-hydrogen) atoms. The fourth-order valence-electron chi connectivity index (χ4n) is 4.71. The van der Waals surface area contributed by atoms with Gasteiger partial charge >= 0.3 is 6.03 Å². The van der Waals surface area contributed by atoms with Crippen molar-refractivity contribution in [2.24, 2.45) is 11.0 Å². The number of carbonyl (C=O) groups is 1. The summed E-state index contributed by atoms with van der Waals surface area (Å²) < 4.78 is 26.2. The zero-order valence-electron chi connectivity index (χ0n) is 19.1. The molecule has 0 radical (unpaired) electrons. The number of aromatic nitrogens is 1. The zero-order valence-corrected chi connectivity index (χ0v) is 19.9. The number of nitrogens with zero attached hydrogens (tertiary/aromatic N) is 4. The van der Waals surface area contributed by atoms with Crippen LogP contribution in [-0.4, -0.2) is 53.6 Å². The Labute approximate surface area is 204 Å². The largest absolute Gasteiger partial charge is 0.512 e. The Morgan fingerprint density at radius 1 is 1.14 bits per heavy atom. The lowest BCUT2D eigenvalue weighted by Gasteiger charge is -2.30. The van der Waals surface area contributed by atoms with E-state index in [0.29, 0.717) is 37.2 Å². The number of pyridine rings is 1. The fraction of sp³-hybridized carbons (Fsp3) is 0.320. The van der Waals surface area contributed by atoms with Crippen molar-refractivity contribution in [1.82, 2.24) is 9.99 Å². The van der Waals surface area contributed by atoms with Gasteiger partial charge in [-0.05, 0) is 55.7 Å². The highest BCUT2D eigenvalue weighted by atomic mass is 32.2. The second kappa shape index (κ2) is 9.53. The summed E-state index contributed by atoms with van der Waals surface area (Å²) in [6.07, 6.45) is 11.4. The van der Waals surface area contributed by atoms with E-state index in [9.17, 15) is 18.3 Å². The zero-order chi connectivity index (χ0) is 24.4. The summed E-state index contributed by atoms with van der Waals surface area (Å²) in [4.78, 5) is 17.5. The number of anilines is 2. The van der Waals surface area contributed by atoms with Gasteiger partial charge in [-0.2, -0.15) is 5.10 Å². The first-order chi connectivity index (χ1) is 16.9. The summed E-state index contributed by atoms with van der Waals surface area (Å²) in [5.41, 5.74) is 2.67. The van der Waals surface area contributed by atoms with Crippen LogP contribution in [0.25, 0.3) is 0 Å². The maximum Gasteiger partial charge on any atom is 0.342 e. The van der Waals surface area contributed by atoms with Crippen LogP contribution < -0.4 is 9.62 Å². The van der Waals surface area contributed by atoms with Crippen LogP contribution in [0.1, 0.15) is 31.2 Å². The van der Waals surface area contributed by atoms with Gasteiger partial charge in [-0.3, -0.25) is 9.29 Å². The van der Waals surface area contributed by atoms with Crippen LogP contribution in [0, 0.1) is 5.92 Å². The van der Waals surface area contributed by atoms with E-state index in [1.165, 1.54) is 9.31 Å². The summed E-state index contributed by atoms with van der Waals surface area (Å²) in [5.74, 6) is 0.108. The SMILES string of the molecule is O=C(Nc1ccc(N2CCCCS2(=O)=O)cc1)N1N=C(c2cccnc2)CC1C1CC=CC=C1O. The lowest BCUT2D eigenvalue weighted by molar-refractivity contribution is 0.166. The van der Waals surface area contributed by atoms with Crippen molar-refractivity contribution in [1.29, 1.82) is 0 Å². The predicted octanol–water partition coefficient (Wildman–Crippen LogP) is 4.04. The van der Waals surface area contributed by atoms with Crippen molar-refractivity contribution in [2.75, 3.05) is 21.9 Å². The van der Waals surface area contributed by atoms with Gasteiger partial charge in [-0.15, -0.1) is 0 Å². The molecule has 10 heteroatoms. The van der Waals surface area contributed by atoms with Gasteiger partial charge < -0.3 is 10.4 Å². The summed E-state index contributed by atoms with van der Waals surface area (Å²) in [6.45, 7) is 0.460. The molecule has 1 aromatic heterocycles. The van der Waals surface area contributed by atoms with E-state index in [1.807, 2.05) is 18.2 Å². The molecule has 2 amide bonds. The number of aliphatic hydroxyl groups is 1. The van der Waals surface area contributed by atoms with Crippen molar-refractivity contribution in [3.63, 3.8) is 0 Å². The molecule has 2 aromatic rings. The predicted molar refractivity (Wildman–Crippen MR) is 135 cm³/mol. The third-order valence-electron chi connectivity index (χ3n) is 6.54. The molecule has 1 saturated heterocycles. The molecular weight excluding hydrogens is 466 g/mol. The third kappa shape index (κ3) is 4.79. The molecule has 5 rings (SSSR count). The van der Waals surface area contributed by atoms with E-state index in [0.717, 1.165) is 17.7 Å². The first kappa shape index (κ1) is 23.1. The van der Waals surface area contributed by atoms with Crippen molar-refractivity contribution in [3.05, 3.63) is 78.3 Å². The normalized spacial score (nSPS) is 23.5. The monoisotopic (exact) mass is 493 g/mol. The standard InChI is InChI=1S/C25H27N5O4S/c31-24-8-2-1-7-21(24)23-16-22(18-6-5-13-26-17-18)28-30(23)25(32)27-19-9-11-20(12-10-19)29-14-3-4-15-35(29,33)34/h1-2,5-6,8-13,17,21,23,31H,3-4,7,14-16H2,(H,27,32). The highest BCUT2D eigenvalue weighted by Crippen LogP contribution is 2.33. The van der Waals surface area contributed by atoms with Crippen LogP contribution in [0.15, 0.2) is 77.9 Å². The Hall–Kier alpha value is -3.66. The van der Waals surface area contributed by atoms with Crippen LogP contribution in [0.4, 0.5) is 16.2 Å². The van der Waals surface area contributed by atoms with Crippen LogP contribution in [0.2, 0.25) is 0 Å². The smallest absolute Gasteiger partial charge is 0.342 e. The van der Waals surface area contributed by atoms with Gasteiger partial charge in [0.15, 0.2) is 0 Å². The van der Waals surface area contributed by atoms with Crippen molar-refractivity contribution < 1.29 is 18.3 Å². The van der Waals surface area contributed by atoms with Gasteiger partial charge in [-0.25, -0.2) is 18.2 Å². The van der Waals surface area contributed by atoms with Gasteiger partial charge in [0.1, 0.15) is 0 Å². The summed E-state index contributed by atoms with van der Waals surface area (Å²) in [6, 6.07) is 9.72. The molecule has 0 bridgehead atoms. The Morgan fingerprint density at radius 2 is 1.97 bits per heavy atom. The molecule has 1 fully saturated rings. The number of allylic oxidation sites excluding steroid dienone is 3. The van der Waals surface area contributed by atoms with Crippen LogP contribution in [0.3, 0.4) is 0 Å². The molecule has 9 nitrogen and oxygen atoms in total. The topological polar surface area (TPSA) is 115 Å². The molecule has 1 aliphatic carbocycles. The first-order valence-electron chi connectivity index (χ1n) is 11.7. The van der Waals surface area contributed by atoms with E-state index in [1.54, 1.807) is 48.8 Å². The number of carbonyl (C=O) groups excluding carboxylic acids is 1. The number of urea groups is 1.